The molecule has 0 spiro atoms. The molecule has 44 heavy (non-hydrogen) atoms. The van der Waals surface area contributed by atoms with Crippen molar-refractivity contribution < 1.29 is 19.1 Å². The van der Waals surface area contributed by atoms with E-state index in [1.807, 2.05) is 53.8 Å². The average Bonchev–Trinajstić information content (AvgIpc) is 3.76. The fourth-order valence-electron chi connectivity index (χ4n) is 6.04. The zero-order chi connectivity index (χ0) is 31.2. The fourth-order valence-corrected chi connectivity index (χ4v) is 6.04. The van der Waals surface area contributed by atoms with Crippen LogP contribution in [0.25, 0.3) is 33.4 Å². The predicted molar refractivity (Wildman–Crippen MR) is 169 cm³/mol. The molecule has 2 aromatic carbocycles. The molecule has 2 aromatic heterocycles. The Balaban J connectivity index is 1.17. The summed E-state index contributed by atoms with van der Waals surface area (Å²) in [5.41, 5.74) is 4.79. The van der Waals surface area contributed by atoms with Crippen LogP contribution < -0.4 is 0 Å². The Bertz CT molecular complexity index is 1660. The van der Waals surface area contributed by atoms with E-state index in [1.165, 1.54) is 0 Å². The molecule has 2 aliphatic rings. The summed E-state index contributed by atoms with van der Waals surface area (Å²) in [6.07, 6.45) is 4.77. The molecular formula is C34H42N6O4. The molecule has 0 unspecified atom stereocenters. The Morgan fingerprint density at radius 3 is 1.89 bits per heavy atom. The number of imidazole rings is 2. The molecule has 2 fully saturated rings. The first kappa shape index (κ1) is 29.7. The third-order valence-corrected chi connectivity index (χ3v) is 8.02. The number of likely N-dealkylation sites (tertiary alicyclic amines) is 2. The van der Waals surface area contributed by atoms with Crippen LogP contribution in [0.4, 0.5) is 9.59 Å². The van der Waals surface area contributed by atoms with Crippen molar-refractivity contribution in [1.29, 1.82) is 0 Å². The summed E-state index contributed by atoms with van der Waals surface area (Å²) in [5, 5.41) is 0. The maximum Gasteiger partial charge on any atom is 0.410 e. The topological polar surface area (TPSA) is 116 Å². The molecule has 0 aliphatic carbocycles. The third kappa shape index (κ3) is 6.30. The molecule has 2 amide bonds. The number of hydrogen-bond donors (Lipinski definition) is 2. The van der Waals surface area contributed by atoms with Gasteiger partial charge in [0, 0.05) is 13.1 Å². The summed E-state index contributed by atoms with van der Waals surface area (Å²) in [7, 11) is 0. The van der Waals surface area contributed by atoms with E-state index >= 15 is 0 Å². The van der Waals surface area contributed by atoms with Crippen molar-refractivity contribution in [2.24, 2.45) is 0 Å². The van der Waals surface area contributed by atoms with Gasteiger partial charge in [0.2, 0.25) is 0 Å². The lowest BCUT2D eigenvalue weighted by Crippen LogP contribution is -2.36. The smallest absolute Gasteiger partial charge is 0.410 e. The minimum atomic E-state index is -0.541. The largest absolute Gasteiger partial charge is 0.444 e. The number of H-pyrrole nitrogens is 2. The van der Waals surface area contributed by atoms with Gasteiger partial charge in [0.15, 0.2) is 0 Å². The van der Waals surface area contributed by atoms with Crippen LogP contribution in [0, 0.1) is 0 Å². The second-order valence-electron chi connectivity index (χ2n) is 13.8. The quantitative estimate of drug-likeness (QED) is 0.248. The van der Waals surface area contributed by atoms with Gasteiger partial charge >= 0.3 is 12.2 Å². The van der Waals surface area contributed by atoms with Crippen LogP contribution in [-0.4, -0.2) is 66.2 Å². The van der Waals surface area contributed by atoms with E-state index in [9.17, 15) is 9.59 Å². The van der Waals surface area contributed by atoms with Gasteiger partial charge in [0.25, 0.3) is 0 Å². The van der Waals surface area contributed by atoms with Crippen molar-refractivity contribution >= 4 is 23.2 Å². The van der Waals surface area contributed by atoms with Crippen LogP contribution in [0.2, 0.25) is 0 Å². The number of rotatable bonds is 4. The lowest BCUT2D eigenvalue weighted by Gasteiger charge is -2.27. The highest BCUT2D eigenvalue weighted by Crippen LogP contribution is 2.35. The van der Waals surface area contributed by atoms with Gasteiger partial charge in [-0.2, -0.15) is 0 Å². The Morgan fingerprint density at radius 1 is 0.750 bits per heavy atom. The Morgan fingerprint density at radius 2 is 1.30 bits per heavy atom. The van der Waals surface area contributed by atoms with Crippen molar-refractivity contribution in [3.8, 4) is 22.4 Å². The highest BCUT2D eigenvalue weighted by Gasteiger charge is 2.36. The molecule has 10 heteroatoms. The highest BCUT2D eigenvalue weighted by atomic mass is 16.6. The summed E-state index contributed by atoms with van der Waals surface area (Å²) >= 11 is 0. The van der Waals surface area contributed by atoms with E-state index in [2.05, 4.69) is 51.4 Å². The lowest BCUT2D eigenvalue weighted by molar-refractivity contribution is 0.0208. The van der Waals surface area contributed by atoms with Gasteiger partial charge in [-0.25, -0.2) is 19.6 Å². The van der Waals surface area contributed by atoms with Gasteiger partial charge in [-0.15, -0.1) is 0 Å². The number of nitrogens with one attached hydrogen (secondary N) is 2. The van der Waals surface area contributed by atoms with Gasteiger partial charge in [0.05, 0.1) is 35.0 Å². The third-order valence-electron chi connectivity index (χ3n) is 8.02. The van der Waals surface area contributed by atoms with Crippen LogP contribution in [0.3, 0.4) is 0 Å². The number of nitrogens with zero attached hydrogens (tertiary/aromatic N) is 4. The van der Waals surface area contributed by atoms with Crippen molar-refractivity contribution in [1.82, 2.24) is 29.7 Å². The van der Waals surface area contributed by atoms with Crippen LogP contribution in [0.15, 0.2) is 48.7 Å². The Labute approximate surface area is 258 Å². The molecule has 10 nitrogen and oxygen atoms in total. The minimum Gasteiger partial charge on any atom is -0.444 e. The predicted octanol–water partition coefficient (Wildman–Crippen LogP) is 7.76. The van der Waals surface area contributed by atoms with Crippen molar-refractivity contribution in [3.05, 3.63) is 60.3 Å². The summed E-state index contributed by atoms with van der Waals surface area (Å²) in [5.74, 6) is 1.57. The molecule has 2 saturated heterocycles. The minimum absolute atomic E-state index is 0.121. The van der Waals surface area contributed by atoms with Gasteiger partial charge in [-0.05, 0) is 96.0 Å². The highest BCUT2D eigenvalue weighted by molar-refractivity contribution is 5.82. The first-order valence-corrected chi connectivity index (χ1v) is 15.5. The molecule has 2 N–H and O–H groups in total. The number of amides is 2. The molecule has 4 aromatic rings. The first-order chi connectivity index (χ1) is 20.8. The number of aromatic nitrogens is 4. The van der Waals surface area contributed by atoms with Crippen LogP contribution in [0.1, 0.15) is 91.0 Å². The number of hydrogen-bond acceptors (Lipinski definition) is 6. The van der Waals surface area contributed by atoms with E-state index in [0.29, 0.717) is 13.1 Å². The SMILES string of the molecule is CC(C)(C)OC(=O)N1CCC[C@@H]1c1ncc(-c2ccc(-c3ccc4nc([C@@H]5CCCN5C(=O)OC(C)(C)C)[nH]c4c3)cc2)[nH]1. The van der Waals surface area contributed by atoms with E-state index in [1.54, 1.807) is 9.80 Å². The van der Waals surface area contributed by atoms with Gasteiger partial charge in [-0.1, -0.05) is 30.3 Å². The maximum atomic E-state index is 12.8. The monoisotopic (exact) mass is 598 g/mol. The second kappa shape index (κ2) is 11.3. The molecule has 0 bridgehead atoms. The summed E-state index contributed by atoms with van der Waals surface area (Å²) in [4.78, 5) is 45.5. The molecule has 0 radical (unpaired) electrons. The van der Waals surface area contributed by atoms with Crippen LogP contribution >= 0.6 is 0 Å². The number of benzene rings is 2. The zero-order valence-electron chi connectivity index (χ0n) is 26.4. The molecular weight excluding hydrogens is 556 g/mol. The molecule has 4 heterocycles. The number of carbonyl (C=O) groups is 2. The zero-order valence-corrected chi connectivity index (χ0v) is 26.4. The van der Waals surface area contributed by atoms with Crippen molar-refractivity contribution in [2.45, 2.75) is 90.5 Å². The van der Waals surface area contributed by atoms with Crippen molar-refractivity contribution in [3.63, 3.8) is 0 Å². The van der Waals surface area contributed by atoms with E-state index in [0.717, 1.165) is 70.7 Å². The standard InChI is InChI=1S/C34H42N6O4/c1-33(2,3)43-31(41)39-17-7-9-27(39)29-35-20-26(38-29)22-13-11-21(12-14-22)23-15-16-24-25(19-23)37-30(36-24)28-10-8-18-40(28)32(42)44-34(4,5)6/h11-16,19-20,27-28H,7-10,17-18H2,1-6H3,(H,35,38)(H,36,37)/t27-,28+/m1/s1. The Hall–Kier alpha value is -4.34. The fraction of sp³-hybridized carbons (Fsp3) is 0.471. The number of fused-ring (bicyclic) bond motifs is 1. The summed E-state index contributed by atoms with van der Waals surface area (Å²) in [6, 6.07) is 14.3. The molecule has 0 saturated carbocycles. The van der Waals surface area contributed by atoms with Crippen molar-refractivity contribution in [2.75, 3.05) is 13.1 Å². The molecule has 2 atom stereocenters. The molecule has 6 rings (SSSR count). The summed E-state index contributed by atoms with van der Waals surface area (Å²) in [6.45, 7) is 12.6. The number of carbonyl (C=O) groups excluding carboxylic acids is 2. The number of aromatic amines is 2. The number of ether oxygens (including phenoxy) is 2. The maximum absolute atomic E-state index is 12.8. The van der Waals surface area contributed by atoms with Crippen LogP contribution in [0.5, 0.6) is 0 Å². The van der Waals surface area contributed by atoms with Gasteiger partial charge in [0.1, 0.15) is 22.9 Å². The van der Waals surface area contributed by atoms with Gasteiger partial charge in [-0.3, -0.25) is 9.80 Å². The lowest BCUT2D eigenvalue weighted by atomic mass is 10.0. The summed E-state index contributed by atoms with van der Waals surface area (Å²) < 4.78 is 11.3. The second-order valence-corrected chi connectivity index (χ2v) is 13.8. The average molecular weight is 599 g/mol. The Kier molecular flexibility index (Phi) is 7.63. The van der Waals surface area contributed by atoms with E-state index in [-0.39, 0.29) is 24.3 Å². The van der Waals surface area contributed by atoms with Gasteiger partial charge < -0.3 is 19.4 Å². The normalized spacial score (nSPS) is 19.1. The molecule has 232 valence electrons. The van der Waals surface area contributed by atoms with E-state index < -0.39 is 11.2 Å². The molecule has 2 aliphatic heterocycles. The first-order valence-electron chi connectivity index (χ1n) is 15.5. The van der Waals surface area contributed by atoms with Crippen LogP contribution in [-0.2, 0) is 9.47 Å². The van der Waals surface area contributed by atoms with E-state index in [4.69, 9.17) is 14.5 Å².